The van der Waals surface area contributed by atoms with Crippen molar-refractivity contribution >= 4 is 23.7 Å². The number of hydrogen-bond donors (Lipinski definition) is 0. The van der Waals surface area contributed by atoms with E-state index >= 15 is 0 Å². The minimum absolute atomic E-state index is 1.13. The van der Waals surface area contributed by atoms with Crippen LogP contribution in [0.2, 0.25) is 0 Å². The summed E-state index contributed by atoms with van der Waals surface area (Å²) in [5.41, 5.74) is 3.11. The molecule has 1 aliphatic rings. The number of benzene rings is 1. The fourth-order valence-electron chi connectivity index (χ4n) is 1.68. The Morgan fingerprint density at radius 2 is 1.94 bits per heavy atom. The Morgan fingerprint density at radius 1 is 1.18 bits per heavy atom. The first-order chi connectivity index (χ1) is 8.25. The zero-order valence-corrected chi connectivity index (χ0v) is 12.1. The van der Waals surface area contributed by atoms with Crippen molar-refractivity contribution in [2.75, 3.05) is 24.6 Å². The standard InChI is InChI=1S/C14H19NS2/c1-12-10-15(17-11-13(12)2)8-9-16-14-6-4-3-5-7-14/h3-7H,8-11H2,1-2H3. The van der Waals surface area contributed by atoms with E-state index in [0.717, 1.165) is 13.1 Å². The second kappa shape index (κ2) is 6.53. The fourth-order valence-corrected chi connectivity index (χ4v) is 3.82. The van der Waals surface area contributed by atoms with Crippen LogP contribution in [0.4, 0.5) is 0 Å². The van der Waals surface area contributed by atoms with E-state index in [1.165, 1.54) is 16.4 Å². The van der Waals surface area contributed by atoms with E-state index in [9.17, 15) is 0 Å². The lowest BCUT2D eigenvalue weighted by Crippen LogP contribution is -2.25. The van der Waals surface area contributed by atoms with Crippen LogP contribution in [-0.4, -0.2) is 28.9 Å². The fraction of sp³-hybridized carbons (Fsp3) is 0.429. The summed E-state index contributed by atoms with van der Waals surface area (Å²) in [6.07, 6.45) is 0. The maximum atomic E-state index is 2.48. The minimum atomic E-state index is 1.13. The quantitative estimate of drug-likeness (QED) is 0.459. The predicted molar refractivity (Wildman–Crippen MR) is 79.6 cm³/mol. The highest BCUT2D eigenvalue weighted by Gasteiger charge is 2.13. The minimum Gasteiger partial charge on any atom is -0.245 e. The van der Waals surface area contributed by atoms with Gasteiger partial charge in [0.1, 0.15) is 0 Å². The SMILES string of the molecule is CC1=C(C)CN(CCSc2ccccc2)SC1. The third-order valence-electron chi connectivity index (χ3n) is 2.96. The molecule has 0 fully saturated rings. The van der Waals surface area contributed by atoms with Gasteiger partial charge in [-0.05, 0) is 26.0 Å². The van der Waals surface area contributed by atoms with Gasteiger partial charge in [-0.2, -0.15) is 0 Å². The van der Waals surface area contributed by atoms with E-state index in [0.29, 0.717) is 0 Å². The molecular formula is C14H19NS2. The van der Waals surface area contributed by atoms with E-state index < -0.39 is 0 Å². The van der Waals surface area contributed by atoms with Gasteiger partial charge in [-0.3, -0.25) is 0 Å². The van der Waals surface area contributed by atoms with Crippen LogP contribution >= 0.6 is 23.7 Å². The highest BCUT2D eigenvalue weighted by molar-refractivity contribution is 7.99. The monoisotopic (exact) mass is 265 g/mol. The summed E-state index contributed by atoms with van der Waals surface area (Å²) in [6, 6.07) is 10.6. The lowest BCUT2D eigenvalue weighted by Gasteiger charge is -2.27. The molecule has 0 amide bonds. The molecule has 0 aromatic heterocycles. The highest BCUT2D eigenvalue weighted by atomic mass is 32.2. The van der Waals surface area contributed by atoms with Gasteiger partial charge in [0, 0.05) is 29.5 Å². The normalized spacial score (nSPS) is 17.5. The number of rotatable bonds is 4. The summed E-state index contributed by atoms with van der Waals surface area (Å²) < 4.78 is 2.48. The molecule has 0 spiro atoms. The third kappa shape index (κ3) is 4.09. The molecule has 2 rings (SSSR count). The Hall–Kier alpha value is -0.380. The molecule has 0 saturated carbocycles. The second-order valence-corrected chi connectivity index (χ2v) is 6.59. The molecule has 1 nitrogen and oxygen atoms in total. The predicted octanol–water partition coefficient (Wildman–Crippen LogP) is 4.08. The lowest BCUT2D eigenvalue weighted by molar-refractivity contribution is 0.533. The summed E-state index contributed by atoms with van der Waals surface area (Å²) in [7, 11) is 0. The molecule has 1 aromatic rings. The molecule has 0 unspecified atom stereocenters. The van der Waals surface area contributed by atoms with Crippen LogP contribution in [0.1, 0.15) is 13.8 Å². The van der Waals surface area contributed by atoms with Gasteiger partial charge in [0.05, 0.1) is 0 Å². The summed E-state index contributed by atoms with van der Waals surface area (Å²) >= 11 is 3.92. The first-order valence-corrected chi connectivity index (χ1v) is 7.89. The Balaban J connectivity index is 1.73. The lowest BCUT2D eigenvalue weighted by atomic mass is 10.2. The van der Waals surface area contributed by atoms with Gasteiger partial charge in [0.2, 0.25) is 0 Å². The third-order valence-corrected chi connectivity index (χ3v) is 5.19. The summed E-state index contributed by atoms with van der Waals surface area (Å²) in [6.45, 7) is 6.80. The average Bonchev–Trinajstić information content (AvgIpc) is 2.35. The van der Waals surface area contributed by atoms with Crippen molar-refractivity contribution in [3.63, 3.8) is 0 Å². The van der Waals surface area contributed by atoms with Gasteiger partial charge in [-0.25, -0.2) is 4.31 Å². The van der Waals surface area contributed by atoms with Crippen molar-refractivity contribution in [1.29, 1.82) is 0 Å². The van der Waals surface area contributed by atoms with Gasteiger partial charge in [0.25, 0.3) is 0 Å². The van der Waals surface area contributed by atoms with Gasteiger partial charge in [-0.1, -0.05) is 41.3 Å². The summed E-state index contributed by atoms with van der Waals surface area (Å²) in [4.78, 5) is 1.37. The Kier molecular flexibility index (Phi) is 5.01. The van der Waals surface area contributed by atoms with Gasteiger partial charge in [-0.15, -0.1) is 11.8 Å². The molecular weight excluding hydrogens is 246 g/mol. The van der Waals surface area contributed by atoms with Crippen LogP contribution in [0.15, 0.2) is 46.4 Å². The first-order valence-electron chi connectivity index (χ1n) is 5.96. The van der Waals surface area contributed by atoms with Crippen molar-refractivity contribution in [1.82, 2.24) is 4.31 Å². The molecule has 0 saturated heterocycles. The van der Waals surface area contributed by atoms with Gasteiger partial charge >= 0.3 is 0 Å². The molecule has 1 aliphatic heterocycles. The number of nitrogens with zero attached hydrogens (tertiary/aromatic N) is 1. The van der Waals surface area contributed by atoms with Crippen LogP contribution in [0.5, 0.6) is 0 Å². The van der Waals surface area contributed by atoms with E-state index in [4.69, 9.17) is 0 Å². The van der Waals surface area contributed by atoms with Crippen LogP contribution in [-0.2, 0) is 0 Å². The van der Waals surface area contributed by atoms with Crippen molar-refractivity contribution in [2.45, 2.75) is 18.7 Å². The molecule has 0 atom stereocenters. The second-order valence-electron chi connectivity index (χ2n) is 4.36. The maximum Gasteiger partial charge on any atom is 0.0300 e. The van der Waals surface area contributed by atoms with Crippen LogP contribution < -0.4 is 0 Å². The molecule has 0 bridgehead atoms. The smallest absolute Gasteiger partial charge is 0.0300 e. The molecule has 92 valence electrons. The summed E-state index contributed by atoms with van der Waals surface area (Å²) in [5, 5.41) is 0. The molecule has 0 N–H and O–H groups in total. The molecule has 1 aromatic carbocycles. The van der Waals surface area contributed by atoms with Crippen molar-refractivity contribution in [3.8, 4) is 0 Å². The molecule has 0 radical (unpaired) electrons. The van der Waals surface area contributed by atoms with Crippen molar-refractivity contribution in [3.05, 3.63) is 41.5 Å². The van der Waals surface area contributed by atoms with Gasteiger partial charge < -0.3 is 0 Å². The van der Waals surface area contributed by atoms with E-state index in [-0.39, 0.29) is 0 Å². The zero-order chi connectivity index (χ0) is 12.1. The molecule has 17 heavy (non-hydrogen) atoms. The molecule has 3 heteroatoms. The van der Waals surface area contributed by atoms with Gasteiger partial charge in [0.15, 0.2) is 0 Å². The topological polar surface area (TPSA) is 3.24 Å². The van der Waals surface area contributed by atoms with Crippen LogP contribution in [0.25, 0.3) is 0 Å². The molecule has 1 heterocycles. The highest BCUT2D eigenvalue weighted by Crippen LogP contribution is 2.25. The van der Waals surface area contributed by atoms with E-state index in [2.05, 4.69) is 48.5 Å². The zero-order valence-electron chi connectivity index (χ0n) is 10.5. The van der Waals surface area contributed by atoms with E-state index in [1.807, 2.05) is 23.7 Å². The number of hydrogen-bond acceptors (Lipinski definition) is 3. The van der Waals surface area contributed by atoms with Crippen LogP contribution in [0.3, 0.4) is 0 Å². The van der Waals surface area contributed by atoms with Crippen LogP contribution in [0, 0.1) is 0 Å². The average molecular weight is 265 g/mol. The van der Waals surface area contributed by atoms with E-state index in [1.54, 1.807) is 11.1 Å². The van der Waals surface area contributed by atoms with Crippen molar-refractivity contribution < 1.29 is 0 Å². The molecule has 0 aliphatic carbocycles. The Labute approximate surface area is 113 Å². The largest absolute Gasteiger partial charge is 0.245 e. The Bertz CT molecular complexity index is 386. The Morgan fingerprint density at radius 3 is 2.65 bits per heavy atom. The summed E-state index contributed by atoms with van der Waals surface area (Å²) in [5.74, 6) is 2.34. The first kappa shape index (κ1) is 13.1. The number of thioether (sulfide) groups is 1. The maximum absolute atomic E-state index is 2.48. The van der Waals surface area contributed by atoms with Crippen molar-refractivity contribution in [2.24, 2.45) is 0 Å².